The van der Waals surface area contributed by atoms with E-state index in [1.165, 1.54) is 18.6 Å². The van der Waals surface area contributed by atoms with E-state index in [0.717, 1.165) is 31.2 Å². The number of hydrogen-bond donors (Lipinski definition) is 1. The fourth-order valence-electron chi connectivity index (χ4n) is 1.74. The quantitative estimate of drug-likeness (QED) is 0.784. The van der Waals surface area contributed by atoms with Gasteiger partial charge in [-0.3, -0.25) is 0 Å². The summed E-state index contributed by atoms with van der Waals surface area (Å²) in [6, 6.07) is 6.59. The van der Waals surface area contributed by atoms with E-state index < -0.39 is 0 Å². The monoisotopic (exact) mass is 238 g/mol. The highest BCUT2D eigenvalue weighted by molar-refractivity contribution is 5.42. The Morgan fingerprint density at radius 1 is 1.41 bits per heavy atom. The van der Waals surface area contributed by atoms with E-state index in [9.17, 15) is 4.39 Å². The molecule has 1 rings (SSSR count). The smallest absolute Gasteiger partial charge is 0.125 e. The van der Waals surface area contributed by atoms with Crippen LogP contribution in [0.4, 0.5) is 10.1 Å². The molecule has 0 aliphatic rings. The molecule has 1 N–H and O–H groups in total. The van der Waals surface area contributed by atoms with E-state index in [-0.39, 0.29) is 5.82 Å². The van der Waals surface area contributed by atoms with Gasteiger partial charge in [0, 0.05) is 25.3 Å². The minimum Gasteiger partial charge on any atom is -0.384 e. The second-order valence-corrected chi connectivity index (χ2v) is 4.71. The average molecular weight is 238 g/mol. The highest BCUT2D eigenvalue weighted by Crippen LogP contribution is 2.08. The Morgan fingerprint density at radius 2 is 2.18 bits per heavy atom. The van der Waals surface area contributed by atoms with Gasteiger partial charge in [-0.15, -0.1) is 0 Å². The summed E-state index contributed by atoms with van der Waals surface area (Å²) >= 11 is 0. The lowest BCUT2D eigenvalue weighted by Crippen LogP contribution is -2.29. The number of benzene rings is 1. The third-order valence-electron chi connectivity index (χ3n) is 2.97. The van der Waals surface area contributed by atoms with Crippen LogP contribution in [-0.2, 0) is 0 Å². The molecule has 1 aromatic carbocycles. The zero-order valence-electron chi connectivity index (χ0n) is 11.0. The van der Waals surface area contributed by atoms with E-state index in [0.29, 0.717) is 0 Å². The van der Waals surface area contributed by atoms with Crippen LogP contribution in [0.15, 0.2) is 24.3 Å². The summed E-state index contributed by atoms with van der Waals surface area (Å²) < 4.78 is 12.9. The molecule has 17 heavy (non-hydrogen) atoms. The Balaban J connectivity index is 2.23. The first-order chi connectivity index (χ1) is 8.11. The Morgan fingerprint density at radius 3 is 2.82 bits per heavy atom. The molecule has 0 saturated carbocycles. The fraction of sp³-hybridized carbons (Fsp3) is 0.571. The number of rotatable bonds is 7. The molecule has 96 valence electrons. The van der Waals surface area contributed by atoms with E-state index in [4.69, 9.17) is 0 Å². The van der Waals surface area contributed by atoms with Gasteiger partial charge in [0.15, 0.2) is 0 Å². The standard InChI is InChI=1S/C14H23FN2/c1-4-12(2)11-17(3)9-8-16-14-7-5-6-13(15)10-14/h5-7,10,12,16H,4,8-9,11H2,1-3H3. The molecule has 0 spiro atoms. The van der Waals surface area contributed by atoms with Gasteiger partial charge in [0.2, 0.25) is 0 Å². The third-order valence-corrected chi connectivity index (χ3v) is 2.97. The van der Waals surface area contributed by atoms with Gasteiger partial charge in [-0.05, 0) is 31.2 Å². The largest absolute Gasteiger partial charge is 0.384 e. The molecule has 0 heterocycles. The normalized spacial score (nSPS) is 12.8. The van der Waals surface area contributed by atoms with E-state index in [1.54, 1.807) is 6.07 Å². The van der Waals surface area contributed by atoms with Gasteiger partial charge in [-0.2, -0.15) is 0 Å². The summed E-state index contributed by atoms with van der Waals surface area (Å²) in [5.41, 5.74) is 0.849. The molecule has 0 aliphatic carbocycles. The van der Waals surface area contributed by atoms with Crippen molar-refractivity contribution in [2.45, 2.75) is 20.3 Å². The van der Waals surface area contributed by atoms with Gasteiger partial charge in [0.25, 0.3) is 0 Å². The number of hydrogen-bond acceptors (Lipinski definition) is 2. The molecule has 0 saturated heterocycles. The second-order valence-electron chi connectivity index (χ2n) is 4.71. The van der Waals surface area contributed by atoms with Crippen molar-refractivity contribution >= 4 is 5.69 Å². The molecule has 0 amide bonds. The lowest BCUT2D eigenvalue weighted by molar-refractivity contribution is 0.291. The lowest BCUT2D eigenvalue weighted by Gasteiger charge is -2.20. The van der Waals surface area contributed by atoms with Gasteiger partial charge in [-0.25, -0.2) is 4.39 Å². The predicted molar refractivity (Wildman–Crippen MR) is 71.8 cm³/mol. The van der Waals surface area contributed by atoms with Gasteiger partial charge < -0.3 is 10.2 Å². The first kappa shape index (κ1) is 14.0. The third kappa shape index (κ3) is 5.68. The molecular weight excluding hydrogens is 215 g/mol. The van der Waals surface area contributed by atoms with E-state index >= 15 is 0 Å². The maximum atomic E-state index is 12.9. The van der Waals surface area contributed by atoms with Crippen LogP contribution >= 0.6 is 0 Å². The van der Waals surface area contributed by atoms with Crippen LogP contribution in [0, 0.1) is 11.7 Å². The van der Waals surface area contributed by atoms with Crippen molar-refractivity contribution in [3.8, 4) is 0 Å². The minimum absolute atomic E-state index is 0.192. The van der Waals surface area contributed by atoms with Crippen molar-refractivity contribution in [2.75, 3.05) is 32.0 Å². The maximum Gasteiger partial charge on any atom is 0.125 e. The topological polar surface area (TPSA) is 15.3 Å². The number of halogens is 1. The summed E-state index contributed by atoms with van der Waals surface area (Å²) in [5.74, 6) is 0.539. The van der Waals surface area contributed by atoms with Gasteiger partial charge in [-0.1, -0.05) is 26.3 Å². The number of anilines is 1. The Bertz CT molecular complexity index is 328. The van der Waals surface area contributed by atoms with Crippen LogP contribution in [0.25, 0.3) is 0 Å². The molecule has 2 nitrogen and oxygen atoms in total. The van der Waals surface area contributed by atoms with Crippen molar-refractivity contribution in [1.82, 2.24) is 4.90 Å². The zero-order chi connectivity index (χ0) is 12.7. The first-order valence-electron chi connectivity index (χ1n) is 6.29. The highest BCUT2D eigenvalue weighted by Gasteiger charge is 2.03. The Labute approximate surface area is 104 Å². The van der Waals surface area contributed by atoms with Crippen LogP contribution in [0.5, 0.6) is 0 Å². The zero-order valence-corrected chi connectivity index (χ0v) is 11.0. The molecule has 0 radical (unpaired) electrons. The molecule has 0 aliphatic heterocycles. The number of likely N-dealkylation sites (N-methyl/N-ethyl adjacent to an activating group) is 1. The van der Waals surface area contributed by atoms with Crippen LogP contribution < -0.4 is 5.32 Å². The molecule has 0 fully saturated rings. The molecule has 3 heteroatoms. The van der Waals surface area contributed by atoms with Gasteiger partial charge in [0.1, 0.15) is 5.82 Å². The van der Waals surface area contributed by atoms with Gasteiger partial charge in [0.05, 0.1) is 0 Å². The molecule has 1 unspecified atom stereocenters. The summed E-state index contributed by atoms with van der Waals surface area (Å²) in [5, 5.41) is 3.23. The summed E-state index contributed by atoms with van der Waals surface area (Å²) in [7, 11) is 2.12. The van der Waals surface area contributed by atoms with Crippen molar-refractivity contribution in [3.05, 3.63) is 30.1 Å². The van der Waals surface area contributed by atoms with Crippen molar-refractivity contribution < 1.29 is 4.39 Å². The lowest BCUT2D eigenvalue weighted by atomic mass is 10.1. The number of nitrogens with zero attached hydrogens (tertiary/aromatic N) is 1. The van der Waals surface area contributed by atoms with Crippen molar-refractivity contribution in [3.63, 3.8) is 0 Å². The van der Waals surface area contributed by atoms with E-state index in [1.807, 2.05) is 6.07 Å². The van der Waals surface area contributed by atoms with Crippen molar-refractivity contribution in [2.24, 2.45) is 5.92 Å². The van der Waals surface area contributed by atoms with Crippen LogP contribution in [-0.4, -0.2) is 31.6 Å². The molecule has 0 aromatic heterocycles. The van der Waals surface area contributed by atoms with Gasteiger partial charge >= 0.3 is 0 Å². The summed E-state index contributed by atoms with van der Waals surface area (Å²) in [6.07, 6.45) is 1.21. The predicted octanol–water partition coefficient (Wildman–Crippen LogP) is 3.22. The molecular formula is C14H23FN2. The first-order valence-corrected chi connectivity index (χ1v) is 6.29. The summed E-state index contributed by atoms with van der Waals surface area (Å²) in [6.45, 7) is 7.40. The van der Waals surface area contributed by atoms with E-state index in [2.05, 4.69) is 31.1 Å². The Hall–Kier alpha value is -1.09. The average Bonchev–Trinajstić information content (AvgIpc) is 2.29. The molecule has 1 aromatic rings. The summed E-state index contributed by atoms with van der Waals surface area (Å²) in [4.78, 5) is 2.31. The van der Waals surface area contributed by atoms with Crippen LogP contribution in [0.1, 0.15) is 20.3 Å². The Kier molecular flexibility index (Phi) is 5.98. The highest BCUT2D eigenvalue weighted by atomic mass is 19.1. The maximum absolute atomic E-state index is 12.9. The fourth-order valence-corrected chi connectivity index (χ4v) is 1.74. The number of nitrogens with one attached hydrogen (secondary N) is 1. The molecule has 1 atom stereocenters. The van der Waals surface area contributed by atoms with Crippen LogP contribution in [0.2, 0.25) is 0 Å². The second kappa shape index (κ2) is 7.28. The minimum atomic E-state index is -0.192. The van der Waals surface area contributed by atoms with Crippen LogP contribution in [0.3, 0.4) is 0 Å². The van der Waals surface area contributed by atoms with Crippen molar-refractivity contribution in [1.29, 1.82) is 0 Å². The molecule has 0 bridgehead atoms. The SMILES string of the molecule is CCC(C)CN(C)CCNc1cccc(F)c1.